The molecule has 0 radical (unpaired) electrons. The maximum absolute atomic E-state index is 10.9. The number of anilines is 1. The first-order valence-corrected chi connectivity index (χ1v) is 5.37. The van der Waals surface area contributed by atoms with Gasteiger partial charge in [-0.15, -0.1) is 0 Å². The van der Waals surface area contributed by atoms with Gasteiger partial charge in [0.1, 0.15) is 5.69 Å². The van der Waals surface area contributed by atoms with Crippen molar-refractivity contribution in [3.63, 3.8) is 0 Å². The SMILES string of the molecule is NC(=O)c1cc(NC[C@H]2CCCO2)ccn1. The zero-order valence-corrected chi connectivity index (χ0v) is 8.98. The van der Waals surface area contributed by atoms with Crippen molar-refractivity contribution in [3.8, 4) is 0 Å². The van der Waals surface area contributed by atoms with Crippen LogP contribution >= 0.6 is 0 Å². The summed E-state index contributed by atoms with van der Waals surface area (Å²) in [5, 5.41) is 3.21. The van der Waals surface area contributed by atoms with Gasteiger partial charge in [-0.05, 0) is 25.0 Å². The number of primary amides is 1. The second-order valence-electron chi connectivity index (χ2n) is 3.81. The quantitative estimate of drug-likeness (QED) is 0.787. The van der Waals surface area contributed by atoms with Crippen LogP contribution in [0.5, 0.6) is 0 Å². The van der Waals surface area contributed by atoms with Crippen molar-refractivity contribution in [2.75, 3.05) is 18.5 Å². The molecule has 1 aromatic heterocycles. The van der Waals surface area contributed by atoms with Crippen molar-refractivity contribution >= 4 is 11.6 Å². The number of pyridine rings is 1. The van der Waals surface area contributed by atoms with Crippen LogP contribution in [0.15, 0.2) is 18.3 Å². The van der Waals surface area contributed by atoms with Crippen LogP contribution in [0.25, 0.3) is 0 Å². The normalized spacial score (nSPS) is 19.6. The fourth-order valence-corrected chi connectivity index (χ4v) is 1.71. The van der Waals surface area contributed by atoms with Gasteiger partial charge >= 0.3 is 0 Å². The highest BCUT2D eigenvalue weighted by Crippen LogP contribution is 2.14. The van der Waals surface area contributed by atoms with Crippen molar-refractivity contribution in [1.82, 2.24) is 4.98 Å². The van der Waals surface area contributed by atoms with Gasteiger partial charge in [-0.1, -0.05) is 0 Å². The van der Waals surface area contributed by atoms with Gasteiger partial charge in [0.25, 0.3) is 5.91 Å². The molecule has 1 aliphatic rings. The molecule has 0 bridgehead atoms. The van der Waals surface area contributed by atoms with Crippen molar-refractivity contribution in [2.24, 2.45) is 5.73 Å². The Kier molecular flexibility index (Phi) is 3.36. The highest BCUT2D eigenvalue weighted by molar-refractivity contribution is 5.91. The maximum atomic E-state index is 10.9. The summed E-state index contributed by atoms with van der Waals surface area (Å²) in [7, 11) is 0. The summed E-state index contributed by atoms with van der Waals surface area (Å²) in [6.45, 7) is 1.59. The minimum atomic E-state index is -0.513. The molecule has 1 fully saturated rings. The lowest BCUT2D eigenvalue weighted by Gasteiger charge is -2.11. The summed E-state index contributed by atoms with van der Waals surface area (Å²) < 4.78 is 5.48. The molecule has 3 N–H and O–H groups in total. The van der Waals surface area contributed by atoms with Crippen LogP contribution in [0, 0.1) is 0 Å². The summed E-state index contributed by atoms with van der Waals surface area (Å²) in [5.41, 5.74) is 6.27. The smallest absolute Gasteiger partial charge is 0.267 e. The molecule has 5 nitrogen and oxygen atoms in total. The molecule has 1 aromatic rings. The van der Waals surface area contributed by atoms with Crippen LogP contribution in [0.3, 0.4) is 0 Å². The van der Waals surface area contributed by atoms with Crippen LogP contribution in [-0.4, -0.2) is 30.1 Å². The van der Waals surface area contributed by atoms with Crippen LogP contribution in [0.1, 0.15) is 23.3 Å². The van der Waals surface area contributed by atoms with Gasteiger partial charge in [-0.25, -0.2) is 0 Å². The lowest BCUT2D eigenvalue weighted by atomic mass is 10.2. The number of nitrogens with two attached hydrogens (primary N) is 1. The molecule has 1 aliphatic heterocycles. The van der Waals surface area contributed by atoms with E-state index in [9.17, 15) is 4.79 Å². The second-order valence-corrected chi connectivity index (χ2v) is 3.81. The largest absolute Gasteiger partial charge is 0.382 e. The molecule has 1 saturated heterocycles. The van der Waals surface area contributed by atoms with E-state index in [0.29, 0.717) is 0 Å². The van der Waals surface area contributed by atoms with E-state index in [1.807, 2.05) is 0 Å². The molecule has 0 unspecified atom stereocenters. The Morgan fingerprint density at radius 1 is 1.69 bits per heavy atom. The monoisotopic (exact) mass is 221 g/mol. The molecule has 0 saturated carbocycles. The van der Waals surface area contributed by atoms with E-state index >= 15 is 0 Å². The number of hydrogen-bond acceptors (Lipinski definition) is 4. The van der Waals surface area contributed by atoms with Gasteiger partial charge in [-0.3, -0.25) is 9.78 Å². The Labute approximate surface area is 94.0 Å². The number of amides is 1. The third-order valence-corrected chi connectivity index (χ3v) is 2.57. The van der Waals surface area contributed by atoms with Gasteiger partial charge in [0, 0.05) is 25.0 Å². The van der Waals surface area contributed by atoms with E-state index in [0.717, 1.165) is 31.7 Å². The molecule has 0 aliphatic carbocycles. The predicted octanol–water partition coefficient (Wildman–Crippen LogP) is 0.771. The van der Waals surface area contributed by atoms with Gasteiger partial charge in [0.15, 0.2) is 0 Å². The number of aromatic nitrogens is 1. The molecule has 1 atom stereocenters. The van der Waals surface area contributed by atoms with Crippen LogP contribution in [0.4, 0.5) is 5.69 Å². The van der Waals surface area contributed by atoms with Gasteiger partial charge in [0.2, 0.25) is 0 Å². The Morgan fingerprint density at radius 3 is 3.25 bits per heavy atom. The van der Waals surface area contributed by atoms with E-state index < -0.39 is 5.91 Å². The minimum absolute atomic E-state index is 0.269. The first-order chi connectivity index (χ1) is 7.75. The first kappa shape index (κ1) is 10.9. The molecule has 1 amide bonds. The summed E-state index contributed by atoms with van der Waals surface area (Å²) in [6, 6.07) is 3.46. The average molecular weight is 221 g/mol. The summed E-state index contributed by atoms with van der Waals surface area (Å²) >= 11 is 0. The lowest BCUT2D eigenvalue weighted by Crippen LogP contribution is -2.19. The molecular weight excluding hydrogens is 206 g/mol. The topological polar surface area (TPSA) is 77.2 Å². The van der Waals surface area contributed by atoms with Crippen molar-refractivity contribution in [2.45, 2.75) is 18.9 Å². The van der Waals surface area contributed by atoms with E-state index in [1.54, 1.807) is 18.3 Å². The molecule has 2 heterocycles. The lowest BCUT2D eigenvalue weighted by molar-refractivity contribution is 0.0995. The Balaban J connectivity index is 1.93. The number of rotatable bonds is 4. The number of nitrogens with one attached hydrogen (secondary N) is 1. The zero-order chi connectivity index (χ0) is 11.4. The van der Waals surface area contributed by atoms with Gasteiger partial charge in [0.05, 0.1) is 6.10 Å². The Morgan fingerprint density at radius 2 is 2.56 bits per heavy atom. The first-order valence-electron chi connectivity index (χ1n) is 5.37. The fourth-order valence-electron chi connectivity index (χ4n) is 1.71. The minimum Gasteiger partial charge on any atom is -0.382 e. The van der Waals surface area contributed by atoms with Crippen molar-refractivity contribution in [3.05, 3.63) is 24.0 Å². The molecule has 0 aromatic carbocycles. The van der Waals surface area contributed by atoms with E-state index in [4.69, 9.17) is 10.5 Å². The number of hydrogen-bond donors (Lipinski definition) is 2. The third kappa shape index (κ3) is 2.70. The third-order valence-electron chi connectivity index (χ3n) is 2.57. The number of ether oxygens (including phenoxy) is 1. The average Bonchev–Trinajstić information content (AvgIpc) is 2.79. The van der Waals surface area contributed by atoms with E-state index in [1.165, 1.54) is 0 Å². The van der Waals surface area contributed by atoms with E-state index in [2.05, 4.69) is 10.3 Å². The molecule has 16 heavy (non-hydrogen) atoms. The fraction of sp³-hybridized carbons (Fsp3) is 0.455. The molecular formula is C11H15N3O2. The highest BCUT2D eigenvalue weighted by atomic mass is 16.5. The Hall–Kier alpha value is -1.62. The molecule has 86 valence electrons. The highest BCUT2D eigenvalue weighted by Gasteiger charge is 2.14. The van der Waals surface area contributed by atoms with Crippen LogP contribution < -0.4 is 11.1 Å². The summed E-state index contributed by atoms with van der Waals surface area (Å²) in [4.78, 5) is 14.8. The second kappa shape index (κ2) is 4.94. The van der Waals surface area contributed by atoms with Crippen molar-refractivity contribution in [1.29, 1.82) is 0 Å². The predicted molar refractivity (Wildman–Crippen MR) is 60.2 cm³/mol. The molecule has 2 rings (SSSR count). The Bertz CT molecular complexity index is 375. The van der Waals surface area contributed by atoms with Gasteiger partial charge < -0.3 is 15.8 Å². The maximum Gasteiger partial charge on any atom is 0.267 e. The standard InChI is InChI=1S/C11H15N3O2/c12-11(15)10-6-8(3-4-13-10)14-7-9-2-1-5-16-9/h3-4,6,9H,1-2,5,7H2,(H2,12,15)(H,13,14)/t9-/m1/s1. The zero-order valence-electron chi connectivity index (χ0n) is 8.98. The number of carbonyl (C=O) groups is 1. The van der Waals surface area contributed by atoms with Gasteiger partial charge in [-0.2, -0.15) is 0 Å². The number of nitrogens with zero attached hydrogens (tertiary/aromatic N) is 1. The van der Waals surface area contributed by atoms with E-state index in [-0.39, 0.29) is 11.8 Å². The molecule has 5 heteroatoms. The van der Waals surface area contributed by atoms with Crippen LogP contribution in [0.2, 0.25) is 0 Å². The molecule has 0 spiro atoms. The van der Waals surface area contributed by atoms with Crippen molar-refractivity contribution < 1.29 is 9.53 Å². The summed E-state index contributed by atoms with van der Waals surface area (Å²) in [6.07, 6.45) is 4.04. The summed E-state index contributed by atoms with van der Waals surface area (Å²) in [5.74, 6) is -0.513. The number of carbonyl (C=O) groups excluding carboxylic acids is 1. The van der Waals surface area contributed by atoms with Crippen LogP contribution in [-0.2, 0) is 4.74 Å².